The van der Waals surface area contributed by atoms with Crippen LogP contribution in [0.5, 0.6) is 0 Å². The summed E-state index contributed by atoms with van der Waals surface area (Å²) in [7, 11) is 0. The van der Waals surface area contributed by atoms with Crippen molar-refractivity contribution in [3.05, 3.63) is 87.6 Å². The molecule has 27 heavy (non-hydrogen) atoms. The van der Waals surface area contributed by atoms with Crippen molar-refractivity contribution in [2.45, 2.75) is 41.5 Å². The minimum Gasteiger partial charge on any atom is -0.358 e. The minimum atomic E-state index is 0. The average Bonchev–Trinajstić information content (AvgIpc) is 2.73. The van der Waals surface area contributed by atoms with Crippen molar-refractivity contribution in [3.8, 4) is 0 Å². The van der Waals surface area contributed by atoms with Crippen molar-refractivity contribution >= 4 is 32.3 Å². The smallest absolute Gasteiger partial charge is 0 e. The molecule has 1 radical (unpaired) electrons. The van der Waals surface area contributed by atoms with Crippen molar-refractivity contribution in [3.63, 3.8) is 0 Å². The summed E-state index contributed by atoms with van der Waals surface area (Å²) >= 11 is 0. The third-order valence-electron chi connectivity index (χ3n) is 3.65. The molecule has 0 spiro atoms. The molecule has 0 amide bonds. The van der Waals surface area contributed by atoms with E-state index in [4.69, 9.17) is 0 Å². The standard InChI is InChI=1S/C18H12.3C2H6.2CH3.La/c1-2-8-14-13(7-1)15-9-3-4-11-17(15)18-12-6-5-10-16(14)18;3*1-2;;;/h1-12H;3*1-2H3;2*1H3;/q;;;;2*-1;. The van der Waals surface area contributed by atoms with Crippen LogP contribution in [0.2, 0.25) is 0 Å². The Hall–Kier alpha value is -1.15. The molecular formula is C26H36La-2. The van der Waals surface area contributed by atoms with Crippen LogP contribution in [0.4, 0.5) is 0 Å². The summed E-state index contributed by atoms with van der Waals surface area (Å²) < 4.78 is 0. The molecule has 4 aromatic rings. The normalized spacial score (nSPS) is 8.22. The van der Waals surface area contributed by atoms with Gasteiger partial charge in [-0.3, -0.25) is 0 Å². The number of fused-ring (bicyclic) bond motifs is 6. The number of rotatable bonds is 0. The van der Waals surface area contributed by atoms with Gasteiger partial charge >= 0.3 is 0 Å². The van der Waals surface area contributed by atoms with E-state index in [9.17, 15) is 0 Å². The molecule has 0 fully saturated rings. The largest absolute Gasteiger partial charge is 0.358 e. The first-order valence-corrected chi connectivity index (χ1v) is 9.23. The Morgan fingerprint density at radius 1 is 0.333 bits per heavy atom. The van der Waals surface area contributed by atoms with Gasteiger partial charge in [-0.05, 0) is 32.3 Å². The molecule has 0 nitrogen and oxygen atoms in total. The van der Waals surface area contributed by atoms with Gasteiger partial charge in [-0.15, -0.1) is 0 Å². The second kappa shape index (κ2) is 17.0. The maximum atomic E-state index is 2.21. The van der Waals surface area contributed by atoms with Crippen molar-refractivity contribution in [1.29, 1.82) is 0 Å². The molecule has 0 heterocycles. The van der Waals surface area contributed by atoms with E-state index in [1.54, 1.807) is 0 Å². The predicted octanol–water partition coefficient (Wildman–Crippen LogP) is 9.13. The molecule has 0 aliphatic heterocycles. The second-order valence-corrected chi connectivity index (χ2v) is 4.64. The molecule has 0 atom stereocenters. The summed E-state index contributed by atoms with van der Waals surface area (Å²) in [4.78, 5) is 0. The quantitative estimate of drug-likeness (QED) is 0.171. The van der Waals surface area contributed by atoms with Gasteiger partial charge in [0.25, 0.3) is 0 Å². The first-order chi connectivity index (χ1) is 11.9. The molecule has 4 rings (SSSR count). The van der Waals surface area contributed by atoms with Crippen molar-refractivity contribution in [1.82, 2.24) is 0 Å². The molecule has 0 saturated carbocycles. The minimum absolute atomic E-state index is 0. The van der Waals surface area contributed by atoms with Crippen LogP contribution in [-0.2, 0) is 0 Å². The van der Waals surface area contributed by atoms with Crippen LogP contribution in [0.15, 0.2) is 72.8 Å². The summed E-state index contributed by atoms with van der Waals surface area (Å²) in [6.07, 6.45) is 0. The zero-order valence-electron chi connectivity index (χ0n) is 18.5. The number of hydrogen-bond donors (Lipinski definition) is 0. The fourth-order valence-corrected chi connectivity index (χ4v) is 2.86. The Balaban J connectivity index is -0.000000589. The summed E-state index contributed by atoms with van der Waals surface area (Å²) in [5, 5.41) is 8.04. The van der Waals surface area contributed by atoms with E-state index in [0.717, 1.165) is 0 Å². The van der Waals surface area contributed by atoms with Gasteiger partial charge < -0.3 is 14.9 Å². The Kier molecular flexibility index (Phi) is 19.2. The van der Waals surface area contributed by atoms with E-state index < -0.39 is 0 Å². The molecule has 0 unspecified atom stereocenters. The third-order valence-corrected chi connectivity index (χ3v) is 3.65. The molecule has 0 saturated heterocycles. The Morgan fingerprint density at radius 2 is 0.444 bits per heavy atom. The van der Waals surface area contributed by atoms with Gasteiger partial charge in [0.2, 0.25) is 0 Å². The summed E-state index contributed by atoms with van der Waals surface area (Å²) in [5.74, 6) is 0. The van der Waals surface area contributed by atoms with E-state index in [1.165, 1.54) is 32.3 Å². The van der Waals surface area contributed by atoms with Gasteiger partial charge in [-0.1, -0.05) is 114 Å². The molecule has 0 aromatic heterocycles. The van der Waals surface area contributed by atoms with Crippen LogP contribution in [-0.4, -0.2) is 0 Å². The van der Waals surface area contributed by atoms with Gasteiger partial charge in [-0.2, -0.15) is 0 Å². The molecule has 0 N–H and O–H groups in total. The maximum Gasteiger partial charge on any atom is 0 e. The van der Waals surface area contributed by atoms with Gasteiger partial charge in [-0.25, -0.2) is 0 Å². The van der Waals surface area contributed by atoms with Crippen LogP contribution in [0.1, 0.15) is 41.5 Å². The van der Waals surface area contributed by atoms with E-state index >= 15 is 0 Å². The van der Waals surface area contributed by atoms with Gasteiger partial charge in [0.05, 0.1) is 0 Å². The van der Waals surface area contributed by atoms with E-state index in [0.29, 0.717) is 0 Å². The topological polar surface area (TPSA) is 0 Å². The van der Waals surface area contributed by atoms with Crippen LogP contribution >= 0.6 is 0 Å². The molecular weight excluding hydrogens is 451 g/mol. The van der Waals surface area contributed by atoms with Crippen LogP contribution in [0, 0.1) is 50.5 Å². The first kappa shape index (κ1) is 30.6. The molecule has 1 heteroatoms. The SMILES string of the molecule is CC.CC.CC.[CH3-].[CH3-].[La].c1ccc2c(c1)c1ccccc1c1ccccc21. The third kappa shape index (κ3) is 6.75. The molecule has 4 aromatic carbocycles. The van der Waals surface area contributed by atoms with E-state index in [2.05, 4.69) is 72.8 Å². The number of hydrogen-bond acceptors (Lipinski definition) is 0. The zero-order chi connectivity index (χ0) is 17.9. The van der Waals surface area contributed by atoms with E-state index in [-0.39, 0.29) is 50.5 Å². The molecule has 145 valence electrons. The first-order valence-electron chi connectivity index (χ1n) is 9.23. The van der Waals surface area contributed by atoms with Gasteiger partial charge in [0.15, 0.2) is 0 Å². The summed E-state index contributed by atoms with van der Waals surface area (Å²) in [6, 6.07) is 26.0. The number of benzene rings is 4. The van der Waals surface area contributed by atoms with Crippen molar-refractivity contribution in [2.75, 3.05) is 0 Å². The maximum absolute atomic E-state index is 2.21. The van der Waals surface area contributed by atoms with Crippen LogP contribution in [0.3, 0.4) is 0 Å². The van der Waals surface area contributed by atoms with Gasteiger partial charge in [0.1, 0.15) is 0 Å². The van der Waals surface area contributed by atoms with Crippen molar-refractivity contribution < 1.29 is 35.6 Å². The second-order valence-electron chi connectivity index (χ2n) is 4.64. The Labute approximate surface area is 196 Å². The van der Waals surface area contributed by atoms with E-state index in [1.807, 2.05) is 41.5 Å². The Morgan fingerprint density at radius 3 is 0.556 bits per heavy atom. The monoisotopic (exact) mass is 487 g/mol. The fourth-order valence-electron chi connectivity index (χ4n) is 2.86. The predicted molar refractivity (Wildman–Crippen MR) is 126 cm³/mol. The fraction of sp³-hybridized carbons (Fsp3) is 0.231. The molecule has 0 aliphatic carbocycles. The average molecular weight is 487 g/mol. The van der Waals surface area contributed by atoms with Gasteiger partial charge in [0, 0.05) is 35.6 Å². The van der Waals surface area contributed by atoms with Crippen LogP contribution in [0.25, 0.3) is 32.3 Å². The zero-order valence-corrected chi connectivity index (χ0v) is 22.1. The molecule has 0 bridgehead atoms. The van der Waals surface area contributed by atoms with Crippen LogP contribution < -0.4 is 0 Å². The summed E-state index contributed by atoms with van der Waals surface area (Å²) in [6.45, 7) is 12.0. The van der Waals surface area contributed by atoms with Crippen molar-refractivity contribution in [2.24, 2.45) is 0 Å². The Bertz CT molecular complexity index is 658. The molecule has 0 aliphatic rings. The summed E-state index contributed by atoms with van der Waals surface area (Å²) in [5.41, 5.74) is 0.